The minimum absolute atomic E-state index is 0.0941. The molecule has 0 aromatic heterocycles. The highest BCUT2D eigenvalue weighted by molar-refractivity contribution is 5.92. The van der Waals surface area contributed by atoms with Gasteiger partial charge in [-0.25, -0.2) is 0 Å². The van der Waals surface area contributed by atoms with Crippen molar-refractivity contribution in [1.82, 2.24) is 5.32 Å². The SMILES string of the molecule is CCNC(=O)/C=C/c1ccccc1OC. The average molecular weight is 205 g/mol. The van der Waals surface area contributed by atoms with Crippen molar-refractivity contribution in [3.8, 4) is 5.75 Å². The van der Waals surface area contributed by atoms with Crippen molar-refractivity contribution >= 4 is 12.0 Å². The lowest BCUT2D eigenvalue weighted by Gasteiger charge is -2.03. The van der Waals surface area contributed by atoms with Crippen LogP contribution >= 0.6 is 0 Å². The number of amides is 1. The Hall–Kier alpha value is -1.77. The maximum absolute atomic E-state index is 11.2. The fourth-order valence-electron chi connectivity index (χ4n) is 1.20. The van der Waals surface area contributed by atoms with E-state index in [9.17, 15) is 4.79 Å². The summed E-state index contributed by atoms with van der Waals surface area (Å²) < 4.78 is 5.15. The number of methoxy groups -OCH3 is 1. The van der Waals surface area contributed by atoms with Crippen molar-refractivity contribution in [2.24, 2.45) is 0 Å². The van der Waals surface area contributed by atoms with Crippen LogP contribution in [0.15, 0.2) is 30.3 Å². The molecule has 0 saturated heterocycles. The van der Waals surface area contributed by atoms with Gasteiger partial charge in [0.2, 0.25) is 5.91 Å². The molecule has 0 radical (unpaired) electrons. The highest BCUT2D eigenvalue weighted by Crippen LogP contribution is 2.18. The first-order valence-electron chi connectivity index (χ1n) is 4.87. The molecular weight excluding hydrogens is 190 g/mol. The lowest BCUT2D eigenvalue weighted by atomic mass is 10.2. The molecule has 0 aliphatic carbocycles. The third-order valence-corrected chi connectivity index (χ3v) is 1.90. The van der Waals surface area contributed by atoms with Gasteiger partial charge in [-0.3, -0.25) is 4.79 Å². The first-order chi connectivity index (χ1) is 7.27. The van der Waals surface area contributed by atoms with Gasteiger partial charge < -0.3 is 10.1 Å². The van der Waals surface area contributed by atoms with Crippen molar-refractivity contribution in [1.29, 1.82) is 0 Å². The lowest BCUT2D eigenvalue weighted by Crippen LogP contribution is -2.19. The van der Waals surface area contributed by atoms with Crippen molar-refractivity contribution in [3.63, 3.8) is 0 Å². The second-order valence-electron chi connectivity index (χ2n) is 2.97. The Bertz CT molecular complexity index is 358. The molecule has 0 aliphatic rings. The maximum atomic E-state index is 11.2. The van der Waals surface area contributed by atoms with Gasteiger partial charge in [-0.15, -0.1) is 0 Å². The van der Waals surface area contributed by atoms with Crippen LogP contribution < -0.4 is 10.1 Å². The van der Waals surface area contributed by atoms with E-state index in [-0.39, 0.29) is 5.91 Å². The number of nitrogens with one attached hydrogen (secondary N) is 1. The molecule has 1 N–H and O–H groups in total. The van der Waals surface area contributed by atoms with Crippen LogP contribution in [0.2, 0.25) is 0 Å². The van der Waals surface area contributed by atoms with Crippen molar-refractivity contribution in [2.75, 3.05) is 13.7 Å². The van der Waals surface area contributed by atoms with E-state index in [0.717, 1.165) is 11.3 Å². The Morgan fingerprint density at radius 1 is 1.47 bits per heavy atom. The molecule has 0 saturated carbocycles. The van der Waals surface area contributed by atoms with Crippen LogP contribution in [0.5, 0.6) is 5.75 Å². The Labute approximate surface area is 89.8 Å². The molecule has 0 unspecified atom stereocenters. The standard InChI is InChI=1S/C12H15NO2/c1-3-13-12(14)9-8-10-6-4-5-7-11(10)15-2/h4-9H,3H2,1-2H3,(H,13,14)/b9-8+. The minimum Gasteiger partial charge on any atom is -0.496 e. The van der Waals surface area contributed by atoms with E-state index < -0.39 is 0 Å². The smallest absolute Gasteiger partial charge is 0.243 e. The third kappa shape index (κ3) is 3.46. The van der Waals surface area contributed by atoms with Crippen LogP contribution in [0.25, 0.3) is 6.08 Å². The second-order valence-corrected chi connectivity index (χ2v) is 2.97. The number of hydrogen-bond acceptors (Lipinski definition) is 2. The van der Waals surface area contributed by atoms with Crippen LogP contribution in [0, 0.1) is 0 Å². The Balaban J connectivity index is 2.75. The summed E-state index contributed by atoms with van der Waals surface area (Å²) >= 11 is 0. The molecule has 1 aromatic rings. The molecule has 3 heteroatoms. The zero-order valence-electron chi connectivity index (χ0n) is 8.99. The van der Waals surface area contributed by atoms with Crippen LogP contribution in [0.1, 0.15) is 12.5 Å². The molecule has 1 amide bonds. The molecular formula is C12H15NO2. The molecule has 1 aromatic carbocycles. The monoisotopic (exact) mass is 205 g/mol. The topological polar surface area (TPSA) is 38.3 Å². The van der Waals surface area contributed by atoms with Crippen molar-refractivity contribution in [3.05, 3.63) is 35.9 Å². The zero-order chi connectivity index (χ0) is 11.1. The third-order valence-electron chi connectivity index (χ3n) is 1.90. The summed E-state index contributed by atoms with van der Waals surface area (Å²) in [6.07, 6.45) is 3.24. The molecule has 0 atom stereocenters. The summed E-state index contributed by atoms with van der Waals surface area (Å²) in [5.41, 5.74) is 0.895. The van der Waals surface area contributed by atoms with Gasteiger partial charge in [0.05, 0.1) is 7.11 Å². The highest BCUT2D eigenvalue weighted by atomic mass is 16.5. The van der Waals surface area contributed by atoms with E-state index >= 15 is 0 Å². The predicted molar refractivity (Wildman–Crippen MR) is 60.7 cm³/mol. The number of para-hydroxylation sites is 1. The van der Waals surface area contributed by atoms with E-state index in [1.54, 1.807) is 13.2 Å². The molecule has 0 bridgehead atoms. The normalized spacial score (nSPS) is 10.3. The van der Waals surface area contributed by atoms with E-state index in [4.69, 9.17) is 4.74 Å². The number of benzene rings is 1. The number of ether oxygens (including phenoxy) is 1. The average Bonchev–Trinajstić information content (AvgIpc) is 2.27. The Kier molecular flexibility index (Phi) is 4.41. The lowest BCUT2D eigenvalue weighted by molar-refractivity contribution is -0.116. The first kappa shape index (κ1) is 11.3. The predicted octanol–water partition coefficient (Wildman–Crippen LogP) is 1.84. The van der Waals surface area contributed by atoms with Crippen LogP contribution in [0.3, 0.4) is 0 Å². The quantitative estimate of drug-likeness (QED) is 0.762. The van der Waals surface area contributed by atoms with Crippen LogP contribution in [0.4, 0.5) is 0 Å². The van der Waals surface area contributed by atoms with E-state index in [0.29, 0.717) is 6.54 Å². The molecule has 0 fully saturated rings. The number of rotatable bonds is 4. The molecule has 3 nitrogen and oxygen atoms in total. The van der Waals surface area contributed by atoms with Gasteiger partial charge in [0.25, 0.3) is 0 Å². The Morgan fingerprint density at radius 3 is 2.87 bits per heavy atom. The minimum atomic E-state index is -0.0941. The van der Waals surface area contributed by atoms with Crippen LogP contribution in [-0.2, 0) is 4.79 Å². The molecule has 0 spiro atoms. The van der Waals surface area contributed by atoms with E-state index in [1.807, 2.05) is 31.2 Å². The number of likely N-dealkylation sites (N-methyl/N-ethyl adjacent to an activating group) is 1. The number of hydrogen-bond donors (Lipinski definition) is 1. The summed E-state index contributed by atoms with van der Waals surface area (Å²) in [5.74, 6) is 0.668. The second kappa shape index (κ2) is 5.86. The van der Waals surface area contributed by atoms with E-state index in [1.165, 1.54) is 6.08 Å². The fraction of sp³-hybridized carbons (Fsp3) is 0.250. The summed E-state index contributed by atoms with van der Waals surface area (Å²) in [6, 6.07) is 7.55. The Morgan fingerprint density at radius 2 is 2.20 bits per heavy atom. The van der Waals surface area contributed by atoms with Crippen molar-refractivity contribution < 1.29 is 9.53 Å². The maximum Gasteiger partial charge on any atom is 0.243 e. The molecule has 1 rings (SSSR count). The molecule has 0 aliphatic heterocycles. The summed E-state index contributed by atoms with van der Waals surface area (Å²) in [5, 5.41) is 2.69. The summed E-state index contributed by atoms with van der Waals surface area (Å²) in [4.78, 5) is 11.2. The molecule has 0 heterocycles. The van der Waals surface area contributed by atoms with Gasteiger partial charge in [-0.05, 0) is 19.1 Å². The molecule has 80 valence electrons. The first-order valence-corrected chi connectivity index (χ1v) is 4.87. The van der Waals surface area contributed by atoms with E-state index in [2.05, 4.69) is 5.32 Å². The molecule has 15 heavy (non-hydrogen) atoms. The number of carbonyl (C=O) groups is 1. The van der Waals surface area contributed by atoms with Gasteiger partial charge in [-0.1, -0.05) is 18.2 Å². The fourth-order valence-corrected chi connectivity index (χ4v) is 1.20. The number of carbonyl (C=O) groups excluding carboxylic acids is 1. The highest BCUT2D eigenvalue weighted by Gasteiger charge is 1.97. The van der Waals surface area contributed by atoms with Crippen LogP contribution in [-0.4, -0.2) is 19.6 Å². The largest absolute Gasteiger partial charge is 0.496 e. The van der Waals surface area contributed by atoms with Gasteiger partial charge in [0, 0.05) is 18.2 Å². The van der Waals surface area contributed by atoms with Gasteiger partial charge in [-0.2, -0.15) is 0 Å². The summed E-state index contributed by atoms with van der Waals surface area (Å²) in [7, 11) is 1.61. The van der Waals surface area contributed by atoms with Gasteiger partial charge in [0.1, 0.15) is 5.75 Å². The summed E-state index contributed by atoms with van der Waals surface area (Å²) in [6.45, 7) is 2.52. The van der Waals surface area contributed by atoms with Gasteiger partial charge >= 0.3 is 0 Å². The van der Waals surface area contributed by atoms with Gasteiger partial charge in [0.15, 0.2) is 0 Å². The van der Waals surface area contributed by atoms with Crippen molar-refractivity contribution in [2.45, 2.75) is 6.92 Å². The zero-order valence-corrected chi connectivity index (χ0v) is 8.99.